The highest BCUT2D eigenvalue weighted by Gasteiger charge is 2.46. The lowest BCUT2D eigenvalue weighted by Crippen LogP contribution is -2.50. The Morgan fingerprint density at radius 2 is 1.83 bits per heavy atom. The summed E-state index contributed by atoms with van der Waals surface area (Å²) in [5.74, 6) is -0.119. The highest BCUT2D eigenvalue weighted by molar-refractivity contribution is 5.89. The minimum Gasteiger partial charge on any atom is -0.345 e. The summed E-state index contributed by atoms with van der Waals surface area (Å²) in [7, 11) is 1.85. The molecule has 0 bridgehead atoms. The molecule has 23 heavy (non-hydrogen) atoms. The molecule has 1 aromatic heterocycles. The van der Waals surface area contributed by atoms with Crippen molar-refractivity contribution in [2.24, 2.45) is 0 Å². The Bertz CT molecular complexity index is 666. The molecular formula is C19H21FN2O. The Labute approximate surface area is 136 Å². The van der Waals surface area contributed by atoms with E-state index in [4.69, 9.17) is 0 Å². The molecule has 2 aromatic rings. The largest absolute Gasteiger partial charge is 0.345 e. The van der Waals surface area contributed by atoms with E-state index in [1.165, 1.54) is 17.7 Å². The van der Waals surface area contributed by atoms with Crippen molar-refractivity contribution in [3.8, 4) is 0 Å². The molecule has 0 aliphatic heterocycles. The Kier molecular flexibility index (Phi) is 4.42. The minimum atomic E-state index is -0.458. The van der Waals surface area contributed by atoms with Crippen LogP contribution < -0.4 is 0 Å². The van der Waals surface area contributed by atoms with E-state index in [1.807, 2.05) is 24.1 Å². The summed E-state index contributed by atoms with van der Waals surface area (Å²) < 4.78 is 13.2. The first-order chi connectivity index (χ1) is 11.1. The van der Waals surface area contributed by atoms with E-state index in [9.17, 15) is 9.18 Å². The first kappa shape index (κ1) is 15.7. The van der Waals surface area contributed by atoms with Crippen LogP contribution in [0.15, 0.2) is 48.8 Å². The van der Waals surface area contributed by atoms with Crippen LogP contribution in [0.25, 0.3) is 0 Å². The summed E-state index contributed by atoms with van der Waals surface area (Å²) >= 11 is 0. The number of aromatic nitrogens is 1. The molecule has 120 valence electrons. The summed E-state index contributed by atoms with van der Waals surface area (Å²) in [5, 5.41) is 0. The molecule has 1 aliphatic rings. The third-order valence-electron chi connectivity index (χ3n) is 4.85. The molecule has 0 radical (unpaired) electrons. The van der Waals surface area contributed by atoms with Gasteiger partial charge in [-0.25, -0.2) is 4.39 Å². The Morgan fingerprint density at radius 3 is 2.39 bits per heavy atom. The van der Waals surface area contributed by atoms with Gasteiger partial charge in [-0.2, -0.15) is 0 Å². The van der Waals surface area contributed by atoms with E-state index in [0.717, 1.165) is 31.2 Å². The van der Waals surface area contributed by atoms with Crippen LogP contribution in [0.4, 0.5) is 4.39 Å². The van der Waals surface area contributed by atoms with Gasteiger partial charge in [-0.3, -0.25) is 9.78 Å². The maximum Gasteiger partial charge on any atom is 0.232 e. The Morgan fingerprint density at radius 1 is 1.17 bits per heavy atom. The number of hydrogen-bond acceptors (Lipinski definition) is 2. The third-order valence-corrected chi connectivity index (χ3v) is 4.85. The van der Waals surface area contributed by atoms with Crippen LogP contribution in [0, 0.1) is 5.82 Å². The first-order valence-corrected chi connectivity index (χ1v) is 8.02. The number of benzene rings is 1. The molecule has 1 aliphatic carbocycles. The van der Waals surface area contributed by atoms with Gasteiger partial charge in [-0.15, -0.1) is 0 Å². The van der Waals surface area contributed by atoms with Gasteiger partial charge in [0.2, 0.25) is 5.91 Å². The zero-order chi connectivity index (χ0) is 16.3. The average molecular weight is 312 g/mol. The van der Waals surface area contributed by atoms with E-state index < -0.39 is 5.41 Å². The lowest BCUT2D eigenvalue weighted by atomic mass is 9.63. The zero-order valence-electron chi connectivity index (χ0n) is 13.3. The fourth-order valence-electron chi connectivity index (χ4n) is 3.24. The SMILES string of the molecule is CN(CCc1ccncc1)C(=O)C1(c2ccc(F)cc2)CCC1. The molecule has 3 nitrogen and oxygen atoms in total. The van der Waals surface area contributed by atoms with E-state index in [0.29, 0.717) is 6.54 Å². The van der Waals surface area contributed by atoms with Gasteiger partial charge in [-0.05, 0) is 54.7 Å². The van der Waals surface area contributed by atoms with Gasteiger partial charge < -0.3 is 4.90 Å². The monoisotopic (exact) mass is 312 g/mol. The van der Waals surface area contributed by atoms with Gasteiger partial charge in [0.15, 0.2) is 0 Å². The third kappa shape index (κ3) is 3.11. The molecular weight excluding hydrogens is 291 g/mol. The van der Waals surface area contributed by atoms with E-state index >= 15 is 0 Å². The molecule has 1 heterocycles. The van der Waals surface area contributed by atoms with Gasteiger partial charge in [-0.1, -0.05) is 18.6 Å². The lowest BCUT2D eigenvalue weighted by Gasteiger charge is -2.43. The van der Waals surface area contributed by atoms with Gasteiger partial charge in [0.25, 0.3) is 0 Å². The van der Waals surface area contributed by atoms with Crippen LogP contribution in [0.3, 0.4) is 0 Å². The molecule has 4 heteroatoms. The molecule has 0 unspecified atom stereocenters. The summed E-state index contributed by atoms with van der Waals surface area (Å²) in [6.07, 6.45) is 7.08. The Balaban J connectivity index is 1.71. The van der Waals surface area contributed by atoms with Crippen LogP contribution in [0.5, 0.6) is 0 Å². The fraction of sp³-hybridized carbons (Fsp3) is 0.368. The van der Waals surface area contributed by atoms with E-state index in [1.54, 1.807) is 24.5 Å². The van der Waals surface area contributed by atoms with Crippen molar-refractivity contribution in [3.63, 3.8) is 0 Å². The van der Waals surface area contributed by atoms with Crippen molar-refractivity contribution < 1.29 is 9.18 Å². The normalized spacial score (nSPS) is 15.7. The molecule has 1 saturated carbocycles. The van der Waals surface area contributed by atoms with Crippen LogP contribution >= 0.6 is 0 Å². The number of pyridine rings is 1. The molecule has 1 fully saturated rings. The van der Waals surface area contributed by atoms with Crippen LogP contribution in [0.2, 0.25) is 0 Å². The number of hydrogen-bond donors (Lipinski definition) is 0. The lowest BCUT2D eigenvalue weighted by molar-refractivity contribution is -0.139. The maximum absolute atomic E-state index is 13.2. The summed E-state index contributed by atoms with van der Waals surface area (Å²) in [6, 6.07) is 10.3. The highest BCUT2D eigenvalue weighted by Crippen LogP contribution is 2.45. The average Bonchev–Trinajstić information content (AvgIpc) is 2.54. The number of carbonyl (C=O) groups excluding carboxylic acids is 1. The topological polar surface area (TPSA) is 33.2 Å². The van der Waals surface area contributed by atoms with Crippen molar-refractivity contribution in [1.29, 1.82) is 0 Å². The van der Waals surface area contributed by atoms with Crippen molar-refractivity contribution in [2.75, 3.05) is 13.6 Å². The number of likely N-dealkylation sites (N-methyl/N-ethyl adjacent to an activating group) is 1. The van der Waals surface area contributed by atoms with E-state index in [2.05, 4.69) is 4.98 Å². The van der Waals surface area contributed by atoms with Crippen molar-refractivity contribution in [1.82, 2.24) is 9.88 Å². The quantitative estimate of drug-likeness (QED) is 0.848. The number of carbonyl (C=O) groups is 1. The van der Waals surface area contributed by atoms with Gasteiger partial charge in [0.05, 0.1) is 5.41 Å². The van der Waals surface area contributed by atoms with E-state index in [-0.39, 0.29) is 11.7 Å². The first-order valence-electron chi connectivity index (χ1n) is 8.02. The summed E-state index contributed by atoms with van der Waals surface area (Å²) in [6.45, 7) is 0.672. The maximum atomic E-state index is 13.2. The van der Waals surface area contributed by atoms with Crippen molar-refractivity contribution >= 4 is 5.91 Å². The standard InChI is InChI=1S/C19H21FN2O/c1-22(14-9-15-7-12-21-13-8-15)18(23)19(10-2-11-19)16-3-5-17(20)6-4-16/h3-8,12-13H,2,9-11,14H2,1H3. The summed E-state index contributed by atoms with van der Waals surface area (Å²) in [4.78, 5) is 18.8. The number of amides is 1. The number of rotatable bonds is 5. The molecule has 0 spiro atoms. The second-order valence-corrected chi connectivity index (χ2v) is 6.27. The highest BCUT2D eigenvalue weighted by atomic mass is 19.1. The second-order valence-electron chi connectivity index (χ2n) is 6.27. The number of nitrogens with zero attached hydrogens (tertiary/aromatic N) is 2. The van der Waals surface area contributed by atoms with Crippen LogP contribution in [0.1, 0.15) is 30.4 Å². The molecule has 0 atom stereocenters. The Hall–Kier alpha value is -2.23. The van der Waals surface area contributed by atoms with Gasteiger partial charge in [0, 0.05) is 26.0 Å². The van der Waals surface area contributed by atoms with Crippen molar-refractivity contribution in [2.45, 2.75) is 31.1 Å². The predicted octanol–water partition coefficient (Wildman–Crippen LogP) is 3.34. The molecule has 3 rings (SSSR count). The van der Waals surface area contributed by atoms with Gasteiger partial charge in [0.1, 0.15) is 5.82 Å². The molecule has 0 saturated heterocycles. The van der Waals surface area contributed by atoms with Gasteiger partial charge >= 0.3 is 0 Å². The zero-order valence-corrected chi connectivity index (χ0v) is 13.3. The number of halogens is 1. The van der Waals surface area contributed by atoms with Crippen molar-refractivity contribution in [3.05, 3.63) is 65.7 Å². The molecule has 1 amide bonds. The smallest absolute Gasteiger partial charge is 0.232 e. The van der Waals surface area contributed by atoms with Crippen LogP contribution in [-0.4, -0.2) is 29.4 Å². The molecule has 1 aromatic carbocycles. The fourth-order valence-corrected chi connectivity index (χ4v) is 3.24. The minimum absolute atomic E-state index is 0.143. The predicted molar refractivity (Wildman–Crippen MR) is 87.5 cm³/mol. The summed E-state index contributed by atoms with van der Waals surface area (Å²) in [5.41, 5.74) is 1.65. The molecule has 0 N–H and O–H groups in total. The van der Waals surface area contributed by atoms with Crippen LogP contribution in [-0.2, 0) is 16.6 Å². The second kappa shape index (κ2) is 6.49.